The van der Waals surface area contributed by atoms with Crippen molar-refractivity contribution in [2.24, 2.45) is 0 Å². The number of hydrogen-bond donors (Lipinski definition) is 1. The summed E-state index contributed by atoms with van der Waals surface area (Å²) in [5, 5.41) is 0.209. The maximum absolute atomic E-state index is 12.4. The van der Waals surface area contributed by atoms with Crippen molar-refractivity contribution >= 4 is 33.2 Å². The van der Waals surface area contributed by atoms with E-state index in [0.717, 1.165) is 11.3 Å². The highest BCUT2D eigenvalue weighted by molar-refractivity contribution is 7.89. The van der Waals surface area contributed by atoms with Crippen LogP contribution in [0.15, 0.2) is 47.4 Å². The number of nitrogens with one attached hydrogen (secondary N) is 1. The van der Waals surface area contributed by atoms with Crippen molar-refractivity contribution in [1.29, 1.82) is 0 Å². The normalized spacial score (nSPS) is 11.2. The topological polar surface area (TPSA) is 75.7 Å². The Labute approximate surface area is 158 Å². The lowest BCUT2D eigenvalue weighted by Gasteiger charge is -2.23. The van der Waals surface area contributed by atoms with Gasteiger partial charge in [0.25, 0.3) is 0 Å². The number of halogens is 1. The van der Waals surface area contributed by atoms with Gasteiger partial charge in [0.2, 0.25) is 15.9 Å². The highest BCUT2D eigenvalue weighted by atomic mass is 35.5. The van der Waals surface area contributed by atoms with Gasteiger partial charge in [-0.2, -0.15) is 0 Å². The zero-order valence-electron chi connectivity index (χ0n) is 14.8. The second-order valence-electron chi connectivity index (χ2n) is 5.65. The summed E-state index contributed by atoms with van der Waals surface area (Å²) in [7, 11) is -2.30. The molecule has 0 heterocycles. The van der Waals surface area contributed by atoms with Crippen LogP contribution in [-0.4, -0.2) is 34.5 Å². The minimum atomic E-state index is -3.75. The molecule has 0 aliphatic rings. The summed E-state index contributed by atoms with van der Waals surface area (Å²) in [6.07, 6.45) is 0. The van der Waals surface area contributed by atoms with E-state index in [4.69, 9.17) is 16.3 Å². The number of carbonyl (C=O) groups excluding carboxylic acids is 1. The van der Waals surface area contributed by atoms with Gasteiger partial charge in [0.15, 0.2) is 0 Å². The van der Waals surface area contributed by atoms with Crippen LogP contribution in [0.2, 0.25) is 5.02 Å². The van der Waals surface area contributed by atoms with Crippen molar-refractivity contribution in [3.05, 3.63) is 53.1 Å². The Kier molecular flexibility index (Phi) is 6.63. The number of carbonyl (C=O) groups is 1. The zero-order valence-corrected chi connectivity index (χ0v) is 16.4. The summed E-state index contributed by atoms with van der Waals surface area (Å²) in [5.74, 6) is 0.235. The Morgan fingerprint density at radius 3 is 2.50 bits per heavy atom. The number of aryl methyl sites for hydroxylation is 1. The van der Waals surface area contributed by atoms with E-state index in [1.54, 1.807) is 4.90 Å². The zero-order chi connectivity index (χ0) is 19.3. The van der Waals surface area contributed by atoms with Crippen LogP contribution in [0.25, 0.3) is 0 Å². The number of sulfonamides is 1. The maximum atomic E-state index is 12.4. The molecule has 0 aliphatic carbocycles. The van der Waals surface area contributed by atoms with Crippen LogP contribution >= 0.6 is 11.6 Å². The van der Waals surface area contributed by atoms with Crippen LogP contribution in [0.3, 0.4) is 0 Å². The van der Waals surface area contributed by atoms with E-state index in [0.29, 0.717) is 5.75 Å². The molecule has 0 aliphatic heterocycles. The number of ether oxygens (including phenoxy) is 1. The van der Waals surface area contributed by atoms with Gasteiger partial charge in [-0.3, -0.25) is 4.79 Å². The molecule has 0 fully saturated rings. The summed E-state index contributed by atoms with van der Waals surface area (Å²) < 4.78 is 32.4. The van der Waals surface area contributed by atoms with E-state index in [1.807, 2.05) is 31.2 Å². The summed E-state index contributed by atoms with van der Waals surface area (Å²) >= 11 is 5.99. The van der Waals surface area contributed by atoms with Gasteiger partial charge in [0, 0.05) is 25.7 Å². The average Bonchev–Trinajstić information content (AvgIpc) is 2.59. The number of hydrogen-bond acceptors (Lipinski definition) is 4. The van der Waals surface area contributed by atoms with E-state index in [1.165, 1.54) is 32.2 Å². The Balaban J connectivity index is 2.10. The Morgan fingerprint density at radius 2 is 1.92 bits per heavy atom. The molecule has 140 valence electrons. The smallest absolute Gasteiger partial charge is 0.240 e. The molecule has 8 heteroatoms. The SMILES string of the molecule is COc1ccc(S(=O)(=O)NCCN(C(C)=O)c2ccccc2C)cc1Cl. The molecule has 26 heavy (non-hydrogen) atoms. The molecule has 2 rings (SSSR count). The fraction of sp³-hybridized carbons (Fsp3) is 0.278. The van der Waals surface area contributed by atoms with Gasteiger partial charge in [-0.25, -0.2) is 13.1 Å². The largest absolute Gasteiger partial charge is 0.495 e. The molecule has 0 spiro atoms. The number of rotatable bonds is 7. The second-order valence-corrected chi connectivity index (χ2v) is 7.83. The summed E-state index contributed by atoms with van der Waals surface area (Å²) in [4.78, 5) is 13.5. The Hall–Kier alpha value is -2.09. The number of nitrogens with zero attached hydrogens (tertiary/aromatic N) is 1. The molecular formula is C18H21ClN2O4S. The summed E-state index contributed by atoms with van der Waals surface area (Å²) in [6.45, 7) is 3.63. The van der Waals surface area contributed by atoms with Gasteiger partial charge in [-0.1, -0.05) is 29.8 Å². The lowest BCUT2D eigenvalue weighted by molar-refractivity contribution is -0.116. The summed E-state index contributed by atoms with van der Waals surface area (Å²) in [6, 6.07) is 11.7. The molecule has 0 saturated heterocycles. The third kappa shape index (κ3) is 4.75. The van der Waals surface area contributed by atoms with E-state index < -0.39 is 10.0 Å². The fourth-order valence-corrected chi connectivity index (χ4v) is 3.87. The lowest BCUT2D eigenvalue weighted by Crippen LogP contribution is -2.37. The predicted molar refractivity (Wildman–Crippen MR) is 102 cm³/mol. The molecule has 2 aromatic rings. The van der Waals surface area contributed by atoms with Crippen LogP contribution in [0.4, 0.5) is 5.69 Å². The van der Waals surface area contributed by atoms with Gasteiger partial charge in [-0.15, -0.1) is 0 Å². The van der Waals surface area contributed by atoms with E-state index in [2.05, 4.69) is 4.72 Å². The average molecular weight is 397 g/mol. The minimum absolute atomic E-state index is 0.0357. The number of para-hydroxylation sites is 1. The first-order chi connectivity index (χ1) is 12.3. The molecule has 6 nitrogen and oxygen atoms in total. The van der Waals surface area contributed by atoms with Gasteiger partial charge in [0.1, 0.15) is 5.75 Å². The molecule has 0 radical (unpaired) electrons. The first-order valence-electron chi connectivity index (χ1n) is 7.93. The molecule has 0 saturated carbocycles. The van der Waals surface area contributed by atoms with Crippen LogP contribution in [0.5, 0.6) is 5.75 Å². The van der Waals surface area contributed by atoms with Gasteiger partial charge < -0.3 is 9.64 Å². The Bertz CT molecular complexity index is 900. The number of amides is 1. The molecule has 0 unspecified atom stereocenters. The monoisotopic (exact) mass is 396 g/mol. The first-order valence-corrected chi connectivity index (χ1v) is 9.79. The van der Waals surface area contributed by atoms with Crippen LogP contribution in [0.1, 0.15) is 12.5 Å². The molecule has 0 atom stereocenters. The molecule has 0 aromatic heterocycles. The molecule has 2 aromatic carbocycles. The standard InChI is InChI=1S/C18H21ClN2O4S/c1-13-6-4-5-7-17(13)21(14(2)22)11-10-20-26(23,24)15-8-9-18(25-3)16(19)12-15/h4-9,12,20H,10-11H2,1-3H3. The maximum Gasteiger partial charge on any atom is 0.240 e. The Morgan fingerprint density at radius 1 is 1.23 bits per heavy atom. The lowest BCUT2D eigenvalue weighted by atomic mass is 10.2. The van der Waals surface area contributed by atoms with Crippen molar-refractivity contribution in [3.8, 4) is 5.75 Å². The first kappa shape index (κ1) is 20.2. The minimum Gasteiger partial charge on any atom is -0.495 e. The van der Waals surface area contributed by atoms with Gasteiger partial charge >= 0.3 is 0 Å². The second kappa shape index (κ2) is 8.53. The van der Waals surface area contributed by atoms with E-state index >= 15 is 0 Å². The third-order valence-corrected chi connectivity index (χ3v) is 5.60. The molecule has 1 N–H and O–H groups in total. The molecule has 1 amide bonds. The predicted octanol–water partition coefficient (Wildman–Crippen LogP) is 2.99. The highest BCUT2D eigenvalue weighted by Crippen LogP contribution is 2.26. The molecular weight excluding hydrogens is 376 g/mol. The number of anilines is 1. The van der Waals surface area contributed by atoms with Gasteiger partial charge in [0.05, 0.1) is 17.0 Å². The van der Waals surface area contributed by atoms with Crippen molar-refractivity contribution in [2.45, 2.75) is 18.7 Å². The van der Waals surface area contributed by atoms with Crippen molar-refractivity contribution < 1.29 is 17.9 Å². The van der Waals surface area contributed by atoms with Crippen molar-refractivity contribution in [3.63, 3.8) is 0 Å². The van der Waals surface area contributed by atoms with Crippen molar-refractivity contribution in [2.75, 3.05) is 25.1 Å². The third-order valence-electron chi connectivity index (χ3n) is 3.85. The van der Waals surface area contributed by atoms with Crippen LogP contribution in [-0.2, 0) is 14.8 Å². The quantitative estimate of drug-likeness (QED) is 0.780. The fourth-order valence-electron chi connectivity index (χ4n) is 2.50. The van der Waals surface area contributed by atoms with Crippen molar-refractivity contribution in [1.82, 2.24) is 4.72 Å². The van der Waals surface area contributed by atoms with Crippen LogP contribution in [0, 0.1) is 6.92 Å². The van der Waals surface area contributed by atoms with Crippen LogP contribution < -0.4 is 14.4 Å². The molecule has 0 bridgehead atoms. The summed E-state index contributed by atoms with van der Waals surface area (Å²) in [5.41, 5.74) is 1.69. The number of methoxy groups -OCH3 is 1. The van der Waals surface area contributed by atoms with E-state index in [9.17, 15) is 13.2 Å². The highest BCUT2D eigenvalue weighted by Gasteiger charge is 2.18. The van der Waals surface area contributed by atoms with Gasteiger partial charge in [-0.05, 0) is 36.8 Å². The number of benzene rings is 2. The van der Waals surface area contributed by atoms with E-state index in [-0.39, 0.29) is 28.9 Å².